The maximum absolute atomic E-state index is 13.3. The molecule has 4 aromatic rings. The highest BCUT2D eigenvalue weighted by Crippen LogP contribution is 2.30. The van der Waals surface area contributed by atoms with Gasteiger partial charge in [-0.2, -0.15) is 0 Å². The fraction of sp³-hybridized carbons (Fsp3) is 0.217. The van der Waals surface area contributed by atoms with Crippen molar-refractivity contribution in [2.45, 2.75) is 18.8 Å². The van der Waals surface area contributed by atoms with Gasteiger partial charge in [0, 0.05) is 28.5 Å². The normalized spacial score (nSPS) is 17.0. The van der Waals surface area contributed by atoms with E-state index in [0.717, 1.165) is 45.6 Å². The zero-order valence-corrected chi connectivity index (χ0v) is 18.0. The first-order valence-corrected chi connectivity index (χ1v) is 10.8. The van der Waals surface area contributed by atoms with Crippen molar-refractivity contribution in [3.05, 3.63) is 82.0 Å². The van der Waals surface area contributed by atoms with E-state index in [4.69, 9.17) is 4.42 Å². The summed E-state index contributed by atoms with van der Waals surface area (Å²) in [6.45, 7) is 1.39. The number of amides is 1. The minimum atomic E-state index is 0.0506. The molecule has 0 radical (unpaired) electrons. The van der Waals surface area contributed by atoms with E-state index >= 15 is 0 Å². The molecule has 29 heavy (non-hydrogen) atoms. The molecule has 0 saturated carbocycles. The number of rotatable bonds is 3. The maximum Gasteiger partial charge on any atom is 0.270 e. The van der Waals surface area contributed by atoms with E-state index in [2.05, 4.69) is 33.6 Å². The van der Waals surface area contributed by atoms with Gasteiger partial charge in [0.1, 0.15) is 11.2 Å². The number of carbonyl (C=O) groups excluding carboxylic acids is 1. The quantitative estimate of drug-likeness (QED) is 0.364. The minimum absolute atomic E-state index is 0.0506. The van der Waals surface area contributed by atoms with E-state index in [-0.39, 0.29) is 11.8 Å². The van der Waals surface area contributed by atoms with Crippen LogP contribution in [0.5, 0.6) is 0 Å². The lowest BCUT2D eigenvalue weighted by Crippen LogP contribution is -2.39. The summed E-state index contributed by atoms with van der Waals surface area (Å²) >= 11 is 2.29. The molecule has 1 amide bonds. The number of aromatic nitrogens is 2. The minimum Gasteiger partial charge on any atom is -0.440 e. The topological polar surface area (TPSA) is 51.3 Å². The Morgan fingerprint density at radius 3 is 2.86 bits per heavy atom. The van der Waals surface area contributed by atoms with E-state index in [9.17, 15) is 4.79 Å². The average molecular weight is 497 g/mol. The van der Waals surface area contributed by atoms with Gasteiger partial charge in [0.25, 0.3) is 5.91 Å². The number of carbonyl (C=O) groups is 1. The van der Waals surface area contributed by atoms with Gasteiger partial charge in [0.05, 0.1) is 5.92 Å². The molecule has 146 valence electrons. The summed E-state index contributed by atoms with van der Waals surface area (Å²) in [6, 6.07) is 19.8. The molecule has 6 heteroatoms. The van der Waals surface area contributed by atoms with Gasteiger partial charge in [0.2, 0.25) is 0 Å². The number of fused-ring (bicyclic) bond motifs is 1. The van der Waals surface area contributed by atoms with E-state index in [1.165, 1.54) is 0 Å². The maximum atomic E-state index is 13.3. The zero-order valence-electron chi connectivity index (χ0n) is 15.8. The summed E-state index contributed by atoms with van der Waals surface area (Å²) in [5, 5.41) is 0. The predicted octanol–water partition coefficient (Wildman–Crippen LogP) is 5.24. The Hall–Kier alpha value is -2.61. The van der Waals surface area contributed by atoms with Gasteiger partial charge < -0.3 is 13.9 Å². The number of para-hydroxylation sites is 2. The first-order valence-electron chi connectivity index (χ1n) is 9.77. The van der Waals surface area contributed by atoms with Crippen molar-refractivity contribution in [1.82, 2.24) is 14.5 Å². The van der Waals surface area contributed by atoms with Crippen LogP contribution in [0.2, 0.25) is 0 Å². The smallest absolute Gasteiger partial charge is 0.270 e. The van der Waals surface area contributed by atoms with Crippen LogP contribution >= 0.6 is 22.6 Å². The monoisotopic (exact) mass is 497 g/mol. The van der Waals surface area contributed by atoms with Crippen LogP contribution in [0.25, 0.3) is 16.8 Å². The van der Waals surface area contributed by atoms with Crippen LogP contribution in [0.3, 0.4) is 0 Å². The van der Waals surface area contributed by atoms with Gasteiger partial charge in [0.15, 0.2) is 11.5 Å². The third kappa shape index (κ3) is 3.57. The van der Waals surface area contributed by atoms with E-state index in [1.807, 2.05) is 70.3 Å². The molecule has 5 rings (SSSR count). The SMILES string of the molecule is O=C(c1cccn1-c1cccc(I)c1)N1CCCC(c2nc3ccccc3o2)C1. The highest BCUT2D eigenvalue weighted by atomic mass is 127. The van der Waals surface area contributed by atoms with Crippen molar-refractivity contribution in [3.63, 3.8) is 0 Å². The molecular formula is C23H20IN3O2. The lowest BCUT2D eigenvalue weighted by molar-refractivity contribution is 0.0691. The molecule has 0 bridgehead atoms. The highest BCUT2D eigenvalue weighted by molar-refractivity contribution is 14.1. The number of oxazole rings is 1. The summed E-state index contributed by atoms with van der Waals surface area (Å²) in [4.78, 5) is 19.9. The summed E-state index contributed by atoms with van der Waals surface area (Å²) in [5.74, 6) is 0.910. The van der Waals surface area contributed by atoms with Crippen LogP contribution in [0.4, 0.5) is 0 Å². The van der Waals surface area contributed by atoms with E-state index in [1.54, 1.807) is 0 Å². The Bertz CT molecular complexity index is 1150. The first-order chi connectivity index (χ1) is 14.2. The van der Waals surface area contributed by atoms with Crippen LogP contribution in [-0.4, -0.2) is 33.4 Å². The molecule has 0 aliphatic carbocycles. The van der Waals surface area contributed by atoms with Crippen LogP contribution < -0.4 is 0 Å². The number of hydrogen-bond donors (Lipinski definition) is 0. The van der Waals surface area contributed by atoms with Gasteiger partial charge >= 0.3 is 0 Å². The van der Waals surface area contributed by atoms with Gasteiger partial charge in [-0.3, -0.25) is 4.79 Å². The first kappa shape index (κ1) is 18.4. The number of halogens is 1. The lowest BCUT2D eigenvalue weighted by atomic mass is 9.97. The van der Waals surface area contributed by atoms with Gasteiger partial charge in [-0.15, -0.1) is 0 Å². The average Bonchev–Trinajstić information content (AvgIpc) is 3.40. The third-order valence-electron chi connectivity index (χ3n) is 5.42. The number of nitrogens with zero attached hydrogens (tertiary/aromatic N) is 3. The molecule has 2 aromatic heterocycles. The molecule has 0 N–H and O–H groups in total. The second-order valence-electron chi connectivity index (χ2n) is 7.35. The molecule has 1 aliphatic rings. The fourth-order valence-electron chi connectivity index (χ4n) is 4.00. The number of likely N-dealkylation sites (tertiary alicyclic amines) is 1. The lowest BCUT2D eigenvalue weighted by Gasteiger charge is -2.31. The Kier molecular flexibility index (Phi) is 4.87. The molecule has 1 fully saturated rings. The molecule has 0 spiro atoms. The molecule has 2 aromatic carbocycles. The van der Waals surface area contributed by atoms with Crippen molar-refractivity contribution in [2.24, 2.45) is 0 Å². The van der Waals surface area contributed by atoms with Gasteiger partial charge in [-0.05, 0) is 77.9 Å². The Morgan fingerprint density at radius 2 is 2.00 bits per heavy atom. The van der Waals surface area contributed by atoms with Crippen molar-refractivity contribution in [1.29, 1.82) is 0 Å². The Balaban J connectivity index is 1.40. The third-order valence-corrected chi connectivity index (χ3v) is 6.09. The van der Waals surface area contributed by atoms with E-state index < -0.39 is 0 Å². The Morgan fingerprint density at radius 1 is 1.10 bits per heavy atom. The van der Waals surface area contributed by atoms with Crippen molar-refractivity contribution in [2.75, 3.05) is 13.1 Å². The van der Waals surface area contributed by atoms with E-state index in [0.29, 0.717) is 12.2 Å². The molecular weight excluding hydrogens is 477 g/mol. The van der Waals surface area contributed by atoms with Crippen LogP contribution in [0.15, 0.2) is 71.3 Å². The zero-order chi connectivity index (χ0) is 19.8. The number of benzene rings is 2. The summed E-state index contributed by atoms with van der Waals surface area (Å²) in [7, 11) is 0. The number of hydrogen-bond acceptors (Lipinski definition) is 3. The van der Waals surface area contributed by atoms with Crippen molar-refractivity contribution >= 4 is 39.6 Å². The molecule has 3 heterocycles. The highest BCUT2D eigenvalue weighted by Gasteiger charge is 2.29. The molecule has 1 atom stereocenters. The van der Waals surface area contributed by atoms with Crippen LogP contribution in [-0.2, 0) is 0 Å². The Labute approximate surface area is 182 Å². The molecule has 1 saturated heterocycles. The van der Waals surface area contributed by atoms with Gasteiger partial charge in [-0.1, -0.05) is 18.2 Å². The van der Waals surface area contributed by atoms with Crippen LogP contribution in [0, 0.1) is 3.57 Å². The van der Waals surface area contributed by atoms with Crippen molar-refractivity contribution < 1.29 is 9.21 Å². The standard InChI is InChI=1S/C23H20IN3O2/c24-17-7-3-8-18(14-17)27-13-5-10-20(27)23(28)26-12-4-6-16(15-26)22-25-19-9-1-2-11-21(19)29-22/h1-3,5,7-11,13-14,16H,4,6,12,15H2. The molecule has 1 unspecified atom stereocenters. The van der Waals surface area contributed by atoms with Crippen molar-refractivity contribution in [3.8, 4) is 5.69 Å². The molecule has 1 aliphatic heterocycles. The summed E-state index contributed by atoms with van der Waals surface area (Å²) in [5.41, 5.74) is 3.36. The summed E-state index contributed by atoms with van der Waals surface area (Å²) < 4.78 is 9.08. The number of piperidine rings is 1. The van der Waals surface area contributed by atoms with Gasteiger partial charge in [-0.25, -0.2) is 4.98 Å². The molecule has 5 nitrogen and oxygen atoms in total. The predicted molar refractivity (Wildman–Crippen MR) is 120 cm³/mol. The fourth-order valence-corrected chi connectivity index (χ4v) is 4.52. The summed E-state index contributed by atoms with van der Waals surface area (Å²) in [6.07, 6.45) is 3.87. The van der Waals surface area contributed by atoms with Crippen LogP contribution in [0.1, 0.15) is 35.1 Å². The second kappa shape index (κ2) is 7.67. The second-order valence-corrected chi connectivity index (χ2v) is 8.60. The largest absolute Gasteiger partial charge is 0.440 e.